The van der Waals surface area contributed by atoms with Gasteiger partial charge in [-0.25, -0.2) is 0 Å². The normalized spacial score (nSPS) is 11.3. The van der Waals surface area contributed by atoms with Crippen LogP contribution in [-0.2, 0) is 4.79 Å². The van der Waals surface area contributed by atoms with Crippen molar-refractivity contribution in [1.29, 1.82) is 0 Å². The van der Waals surface area contributed by atoms with E-state index in [9.17, 15) is 4.79 Å². The third-order valence-corrected chi connectivity index (χ3v) is 1.53. The zero-order valence-corrected chi connectivity index (χ0v) is 5.95. The number of rotatable bonds is 2. The third kappa shape index (κ3) is 3.23. The summed E-state index contributed by atoms with van der Waals surface area (Å²) < 4.78 is 0. The van der Waals surface area contributed by atoms with Crippen LogP contribution in [0.25, 0.3) is 0 Å². The van der Waals surface area contributed by atoms with Crippen molar-refractivity contribution in [2.45, 2.75) is 5.82 Å². The molecular weight excluding hydrogens is 146 g/mol. The Morgan fingerprint density at radius 2 is 1.82 bits per heavy atom. The molecule has 11 heavy (non-hydrogen) atoms. The summed E-state index contributed by atoms with van der Waals surface area (Å²) in [7, 11) is 1.89. The Bertz CT molecular complexity index is 213. The van der Waals surface area contributed by atoms with Crippen LogP contribution in [0.3, 0.4) is 0 Å². The van der Waals surface area contributed by atoms with E-state index < -0.39 is 0 Å². The molecule has 0 radical (unpaired) electrons. The summed E-state index contributed by atoms with van der Waals surface area (Å²) in [6.45, 7) is 0. The van der Waals surface area contributed by atoms with Gasteiger partial charge in [0.1, 0.15) is 14.1 Å². The standard InChI is InChI=1S/C8H9BO.Na.H/c9-8(6-10)7-4-2-1-3-5-7;;/h1-6,8H,9H2;;. The minimum absolute atomic E-state index is 0. The molecule has 0 N–H and O–H groups in total. The van der Waals surface area contributed by atoms with Crippen LogP contribution in [0.5, 0.6) is 0 Å². The fraction of sp³-hybridized carbons (Fsp3) is 0.125. The minimum atomic E-state index is 0. The summed E-state index contributed by atoms with van der Waals surface area (Å²) in [4.78, 5) is 10.3. The van der Waals surface area contributed by atoms with Crippen molar-refractivity contribution in [3.63, 3.8) is 0 Å². The fourth-order valence-electron chi connectivity index (χ4n) is 0.835. The second-order valence-corrected chi connectivity index (χ2v) is 2.34. The van der Waals surface area contributed by atoms with Crippen molar-refractivity contribution in [3.05, 3.63) is 35.9 Å². The van der Waals surface area contributed by atoms with E-state index >= 15 is 0 Å². The molecule has 0 saturated heterocycles. The first-order valence-electron chi connectivity index (χ1n) is 3.35. The molecule has 1 aromatic rings. The Kier molecular flexibility index (Phi) is 5.56. The monoisotopic (exact) mass is 156 g/mol. The van der Waals surface area contributed by atoms with Crippen LogP contribution in [0.2, 0.25) is 0 Å². The molecule has 1 unspecified atom stereocenters. The van der Waals surface area contributed by atoms with Crippen LogP contribution in [0, 0.1) is 0 Å². The van der Waals surface area contributed by atoms with Gasteiger partial charge in [0.05, 0.1) is 0 Å². The van der Waals surface area contributed by atoms with E-state index in [0.29, 0.717) is 0 Å². The van der Waals surface area contributed by atoms with Crippen LogP contribution in [0.4, 0.5) is 0 Å². The Hall–Kier alpha value is -0.0451. The summed E-state index contributed by atoms with van der Waals surface area (Å²) in [5.41, 5.74) is 1.08. The molecule has 0 saturated carbocycles. The van der Waals surface area contributed by atoms with E-state index in [1.54, 1.807) is 0 Å². The van der Waals surface area contributed by atoms with Crippen molar-refractivity contribution in [2.75, 3.05) is 0 Å². The van der Waals surface area contributed by atoms with Gasteiger partial charge in [0, 0.05) is 5.82 Å². The first kappa shape index (κ1) is 11.0. The van der Waals surface area contributed by atoms with Gasteiger partial charge < -0.3 is 4.79 Å². The first-order valence-corrected chi connectivity index (χ1v) is 3.35. The van der Waals surface area contributed by atoms with Crippen molar-refractivity contribution >= 4 is 43.7 Å². The molecule has 0 aromatic heterocycles. The van der Waals surface area contributed by atoms with Gasteiger partial charge in [0.25, 0.3) is 0 Å². The molecule has 52 valence electrons. The topological polar surface area (TPSA) is 17.1 Å². The maximum atomic E-state index is 10.3. The van der Waals surface area contributed by atoms with Gasteiger partial charge >= 0.3 is 29.6 Å². The maximum absolute atomic E-state index is 10.3. The Labute approximate surface area is 89.9 Å². The molecule has 1 atom stereocenters. The Morgan fingerprint density at radius 3 is 2.27 bits per heavy atom. The molecule has 0 aliphatic carbocycles. The Morgan fingerprint density at radius 1 is 1.27 bits per heavy atom. The van der Waals surface area contributed by atoms with Crippen LogP contribution >= 0.6 is 0 Å². The van der Waals surface area contributed by atoms with Crippen LogP contribution in [0.1, 0.15) is 11.4 Å². The average molecular weight is 156 g/mol. The summed E-state index contributed by atoms with van der Waals surface area (Å²) in [6, 6.07) is 9.74. The first-order chi connectivity index (χ1) is 4.84. The SMILES string of the molecule is BC(C=O)c1ccccc1.[NaH]. The fourth-order valence-corrected chi connectivity index (χ4v) is 0.835. The van der Waals surface area contributed by atoms with Crippen molar-refractivity contribution in [1.82, 2.24) is 0 Å². The molecule has 0 amide bonds. The molecule has 0 fully saturated rings. The van der Waals surface area contributed by atoms with Gasteiger partial charge in [-0.05, 0) is 5.56 Å². The van der Waals surface area contributed by atoms with Gasteiger partial charge in [-0.1, -0.05) is 30.3 Å². The van der Waals surface area contributed by atoms with Gasteiger partial charge in [-0.2, -0.15) is 0 Å². The van der Waals surface area contributed by atoms with E-state index in [0.717, 1.165) is 11.8 Å². The zero-order valence-electron chi connectivity index (χ0n) is 5.95. The second kappa shape index (κ2) is 5.59. The third-order valence-electron chi connectivity index (χ3n) is 1.53. The molecule has 1 nitrogen and oxygen atoms in total. The number of benzene rings is 1. The zero-order chi connectivity index (χ0) is 7.40. The average Bonchev–Trinajstić information content (AvgIpc) is 2.05. The van der Waals surface area contributed by atoms with E-state index in [-0.39, 0.29) is 35.4 Å². The van der Waals surface area contributed by atoms with Gasteiger partial charge in [-0.3, -0.25) is 0 Å². The van der Waals surface area contributed by atoms with Gasteiger partial charge in [-0.15, -0.1) is 0 Å². The van der Waals surface area contributed by atoms with Crippen molar-refractivity contribution in [3.8, 4) is 0 Å². The van der Waals surface area contributed by atoms with Crippen molar-refractivity contribution < 1.29 is 4.79 Å². The molecule has 0 heterocycles. The summed E-state index contributed by atoms with van der Waals surface area (Å²) >= 11 is 0. The second-order valence-electron chi connectivity index (χ2n) is 2.34. The van der Waals surface area contributed by atoms with Crippen LogP contribution in [-0.4, -0.2) is 43.7 Å². The summed E-state index contributed by atoms with van der Waals surface area (Å²) in [5.74, 6) is 0.0289. The quantitative estimate of drug-likeness (QED) is 0.432. The summed E-state index contributed by atoms with van der Waals surface area (Å²) in [6.07, 6.45) is 0.954. The van der Waals surface area contributed by atoms with E-state index in [2.05, 4.69) is 0 Å². The molecule has 0 spiro atoms. The molecule has 1 rings (SSSR count). The van der Waals surface area contributed by atoms with Gasteiger partial charge in [0.15, 0.2) is 0 Å². The summed E-state index contributed by atoms with van der Waals surface area (Å²) in [5, 5.41) is 0. The molecule has 0 aliphatic rings. The Balaban J connectivity index is 0.000001000. The van der Waals surface area contributed by atoms with Crippen molar-refractivity contribution in [2.24, 2.45) is 0 Å². The number of carbonyl (C=O) groups is 1. The van der Waals surface area contributed by atoms with Crippen LogP contribution in [0.15, 0.2) is 30.3 Å². The molecule has 0 bridgehead atoms. The van der Waals surface area contributed by atoms with Crippen LogP contribution < -0.4 is 0 Å². The number of hydrogen-bond donors (Lipinski definition) is 0. The predicted molar refractivity (Wildman–Crippen MR) is 50.9 cm³/mol. The molecule has 1 aromatic carbocycles. The number of hydrogen-bond acceptors (Lipinski definition) is 1. The predicted octanol–water partition coefficient (Wildman–Crippen LogP) is -0.0888. The number of aldehydes is 1. The van der Waals surface area contributed by atoms with E-state index in [4.69, 9.17) is 0 Å². The molecule has 0 aliphatic heterocycles. The van der Waals surface area contributed by atoms with Gasteiger partial charge in [0.2, 0.25) is 0 Å². The number of carbonyl (C=O) groups excluding carboxylic acids is 1. The molecular formula is C8H10BNaO. The molecule has 3 heteroatoms. The van der Waals surface area contributed by atoms with E-state index in [1.165, 1.54) is 0 Å². The van der Waals surface area contributed by atoms with E-state index in [1.807, 2.05) is 38.2 Å².